The lowest BCUT2D eigenvalue weighted by Crippen LogP contribution is -2.15. The van der Waals surface area contributed by atoms with Crippen LogP contribution in [0.5, 0.6) is 5.88 Å². The third-order valence-corrected chi connectivity index (χ3v) is 2.63. The SMILES string of the molecule is CNCc1cnc(OC(C)CC(C)C)c(Cl)c1. The maximum atomic E-state index is 6.13. The maximum Gasteiger partial charge on any atom is 0.232 e. The van der Waals surface area contributed by atoms with Gasteiger partial charge in [-0.05, 0) is 37.9 Å². The van der Waals surface area contributed by atoms with Crippen LogP contribution in [0.2, 0.25) is 5.02 Å². The van der Waals surface area contributed by atoms with E-state index in [0.717, 1.165) is 18.5 Å². The van der Waals surface area contributed by atoms with Gasteiger partial charge in [0.15, 0.2) is 0 Å². The van der Waals surface area contributed by atoms with Crippen molar-refractivity contribution < 1.29 is 4.74 Å². The third-order valence-electron chi connectivity index (χ3n) is 2.36. The first kappa shape index (κ1) is 14.3. The fraction of sp³-hybridized carbons (Fsp3) is 0.615. The van der Waals surface area contributed by atoms with Gasteiger partial charge in [0.1, 0.15) is 5.02 Å². The van der Waals surface area contributed by atoms with Crippen LogP contribution in [0.3, 0.4) is 0 Å². The number of nitrogens with one attached hydrogen (secondary N) is 1. The zero-order valence-corrected chi connectivity index (χ0v) is 11.7. The van der Waals surface area contributed by atoms with Gasteiger partial charge in [0.2, 0.25) is 5.88 Å². The predicted molar refractivity (Wildman–Crippen MR) is 71.6 cm³/mol. The van der Waals surface area contributed by atoms with E-state index in [4.69, 9.17) is 16.3 Å². The van der Waals surface area contributed by atoms with Gasteiger partial charge in [0, 0.05) is 12.7 Å². The minimum Gasteiger partial charge on any atom is -0.474 e. The van der Waals surface area contributed by atoms with Crippen molar-refractivity contribution in [2.24, 2.45) is 5.92 Å². The summed E-state index contributed by atoms with van der Waals surface area (Å²) >= 11 is 6.13. The van der Waals surface area contributed by atoms with E-state index in [-0.39, 0.29) is 6.10 Å². The monoisotopic (exact) mass is 256 g/mol. The molecule has 0 aromatic carbocycles. The van der Waals surface area contributed by atoms with Crippen molar-refractivity contribution in [3.8, 4) is 5.88 Å². The van der Waals surface area contributed by atoms with Gasteiger partial charge < -0.3 is 10.1 Å². The van der Waals surface area contributed by atoms with E-state index in [0.29, 0.717) is 16.8 Å². The Morgan fingerprint density at radius 3 is 2.65 bits per heavy atom. The van der Waals surface area contributed by atoms with E-state index in [2.05, 4.69) is 24.1 Å². The number of hydrogen-bond donors (Lipinski definition) is 1. The highest BCUT2D eigenvalue weighted by molar-refractivity contribution is 6.31. The molecular formula is C13H21ClN2O. The number of halogens is 1. The molecule has 0 aliphatic heterocycles. The molecule has 0 spiro atoms. The Morgan fingerprint density at radius 2 is 2.12 bits per heavy atom. The third kappa shape index (κ3) is 4.92. The Morgan fingerprint density at radius 1 is 1.41 bits per heavy atom. The summed E-state index contributed by atoms with van der Waals surface area (Å²) < 4.78 is 5.73. The molecule has 3 nitrogen and oxygen atoms in total. The first-order valence-corrected chi connectivity index (χ1v) is 6.36. The van der Waals surface area contributed by atoms with Gasteiger partial charge in [-0.1, -0.05) is 25.4 Å². The minimum absolute atomic E-state index is 0.134. The number of ether oxygens (including phenoxy) is 1. The maximum absolute atomic E-state index is 6.13. The second kappa shape index (κ2) is 6.82. The van der Waals surface area contributed by atoms with Crippen LogP contribution in [0.15, 0.2) is 12.3 Å². The number of nitrogens with zero attached hydrogens (tertiary/aromatic N) is 1. The van der Waals surface area contributed by atoms with Crippen LogP contribution in [0.4, 0.5) is 0 Å². The molecule has 1 N–H and O–H groups in total. The summed E-state index contributed by atoms with van der Waals surface area (Å²) in [7, 11) is 1.89. The fourth-order valence-electron chi connectivity index (χ4n) is 1.76. The smallest absolute Gasteiger partial charge is 0.232 e. The van der Waals surface area contributed by atoms with Gasteiger partial charge in [-0.3, -0.25) is 0 Å². The van der Waals surface area contributed by atoms with E-state index < -0.39 is 0 Å². The number of pyridine rings is 1. The lowest BCUT2D eigenvalue weighted by molar-refractivity contribution is 0.186. The Kier molecular flexibility index (Phi) is 5.72. The molecule has 1 heterocycles. The first-order chi connectivity index (χ1) is 8.02. The highest BCUT2D eigenvalue weighted by Gasteiger charge is 2.11. The lowest BCUT2D eigenvalue weighted by atomic mass is 10.1. The van der Waals surface area contributed by atoms with Crippen LogP contribution in [0, 0.1) is 5.92 Å². The van der Waals surface area contributed by atoms with E-state index in [1.807, 2.05) is 20.0 Å². The number of aromatic nitrogens is 1. The largest absolute Gasteiger partial charge is 0.474 e. The number of rotatable bonds is 6. The second-order valence-corrected chi connectivity index (χ2v) is 5.13. The summed E-state index contributed by atoms with van der Waals surface area (Å²) in [6.07, 6.45) is 2.92. The summed E-state index contributed by atoms with van der Waals surface area (Å²) in [4.78, 5) is 4.25. The second-order valence-electron chi connectivity index (χ2n) is 4.72. The molecule has 1 aromatic heterocycles. The first-order valence-electron chi connectivity index (χ1n) is 5.98. The molecule has 0 bridgehead atoms. The van der Waals surface area contributed by atoms with Crippen molar-refractivity contribution in [2.75, 3.05) is 7.05 Å². The van der Waals surface area contributed by atoms with E-state index >= 15 is 0 Å². The van der Waals surface area contributed by atoms with Crippen molar-refractivity contribution in [1.82, 2.24) is 10.3 Å². The van der Waals surface area contributed by atoms with E-state index in [9.17, 15) is 0 Å². The normalized spacial score (nSPS) is 12.8. The molecule has 0 saturated carbocycles. The summed E-state index contributed by atoms with van der Waals surface area (Å²) in [5.41, 5.74) is 1.06. The molecule has 4 heteroatoms. The quantitative estimate of drug-likeness (QED) is 0.848. The molecule has 1 unspecified atom stereocenters. The summed E-state index contributed by atoms with van der Waals surface area (Å²) in [6.45, 7) is 7.14. The van der Waals surface area contributed by atoms with Crippen molar-refractivity contribution in [1.29, 1.82) is 0 Å². The molecule has 0 saturated heterocycles. The molecule has 96 valence electrons. The van der Waals surface area contributed by atoms with E-state index in [1.165, 1.54) is 0 Å². The molecule has 0 aliphatic rings. The Balaban J connectivity index is 2.65. The van der Waals surface area contributed by atoms with Crippen LogP contribution in [-0.4, -0.2) is 18.1 Å². The topological polar surface area (TPSA) is 34.2 Å². The van der Waals surface area contributed by atoms with Crippen LogP contribution in [0.1, 0.15) is 32.8 Å². The fourth-order valence-corrected chi connectivity index (χ4v) is 1.99. The van der Waals surface area contributed by atoms with Gasteiger partial charge >= 0.3 is 0 Å². The van der Waals surface area contributed by atoms with Crippen molar-refractivity contribution >= 4 is 11.6 Å². The molecular weight excluding hydrogens is 236 g/mol. The Bertz CT molecular complexity index is 355. The van der Waals surface area contributed by atoms with Crippen LogP contribution in [0.25, 0.3) is 0 Å². The van der Waals surface area contributed by atoms with Gasteiger partial charge in [-0.15, -0.1) is 0 Å². The molecule has 0 fully saturated rings. The zero-order valence-electron chi connectivity index (χ0n) is 11.0. The summed E-state index contributed by atoms with van der Waals surface area (Å²) in [5.74, 6) is 1.13. The predicted octanol–water partition coefficient (Wildman–Crippen LogP) is 3.27. The molecule has 0 radical (unpaired) electrons. The van der Waals surface area contributed by atoms with Crippen molar-refractivity contribution in [3.05, 3.63) is 22.8 Å². The Hall–Kier alpha value is -0.800. The average molecular weight is 257 g/mol. The molecule has 0 aliphatic carbocycles. The zero-order chi connectivity index (χ0) is 12.8. The summed E-state index contributed by atoms with van der Waals surface area (Å²) in [6, 6.07) is 1.89. The van der Waals surface area contributed by atoms with Crippen LogP contribution in [-0.2, 0) is 6.54 Å². The van der Waals surface area contributed by atoms with Gasteiger partial charge in [-0.25, -0.2) is 4.98 Å². The molecule has 17 heavy (non-hydrogen) atoms. The highest BCUT2D eigenvalue weighted by Crippen LogP contribution is 2.24. The molecule has 1 atom stereocenters. The van der Waals surface area contributed by atoms with Crippen molar-refractivity contribution in [2.45, 2.75) is 39.8 Å². The van der Waals surface area contributed by atoms with Crippen LogP contribution < -0.4 is 10.1 Å². The standard InChI is InChI=1S/C13H21ClN2O/c1-9(2)5-10(3)17-13-12(14)6-11(7-15-4)8-16-13/h6,8-10,15H,5,7H2,1-4H3. The lowest BCUT2D eigenvalue weighted by Gasteiger charge is -2.16. The van der Waals surface area contributed by atoms with Crippen LogP contribution >= 0.6 is 11.6 Å². The van der Waals surface area contributed by atoms with Gasteiger partial charge in [0.05, 0.1) is 6.10 Å². The van der Waals surface area contributed by atoms with Gasteiger partial charge in [0.25, 0.3) is 0 Å². The Labute approximate surface area is 109 Å². The van der Waals surface area contributed by atoms with Crippen molar-refractivity contribution in [3.63, 3.8) is 0 Å². The average Bonchev–Trinajstić information content (AvgIpc) is 2.21. The molecule has 1 rings (SSSR count). The molecule has 1 aromatic rings. The number of hydrogen-bond acceptors (Lipinski definition) is 3. The van der Waals surface area contributed by atoms with E-state index in [1.54, 1.807) is 6.20 Å². The highest BCUT2D eigenvalue weighted by atomic mass is 35.5. The van der Waals surface area contributed by atoms with Gasteiger partial charge in [-0.2, -0.15) is 0 Å². The molecule has 0 amide bonds. The minimum atomic E-state index is 0.134. The summed E-state index contributed by atoms with van der Waals surface area (Å²) in [5, 5.41) is 3.64.